The van der Waals surface area contributed by atoms with Gasteiger partial charge in [-0.1, -0.05) is 19.6 Å². The van der Waals surface area contributed by atoms with Crippen molar-refractivity contribution >= 4 is 31.5 Å². The van der Waals surface area contributed by atoms with E-state index in [9.17, 15) is 9.90 Å². The highest BCUT2D eigenvalue weighted by Crippen LogP contribution is 2.33. The van der Waals surface area contributed by atoms with Crippen molar-refractivity contribution in [2.75, 3.05) is 27.2 Å². The van der Waals surface area contributed by atoms with Gasteiger partial charge in [-0.05, 0) is 57.3 Å². The van der Waals surface area contributed by atoms with E-state index in [4.69, 9.17) is 4.74 Å². The lowest BCUT2D eigenvalue weighted by atomic mass is 10.1. The first-order chi connectivity index (χ1) is 11.9. The molecule has 6 heteroatoms. The summed E-state index contributed by atoms with van der Waals surface area (Å²) in [6.07, 6.45) is -0.573. The van der Waals surface area contributed by atoms with Gasteiger partial charge in [-0.25, -0.2) is 0 Å². The molecule has 3 rings (SSSR count). The SMILES string of the molecule is C.Cc1c(OCC(O)CN(C)C)cc2c(=O)c3ccccc3sc2c1C.[Cl-]. The Morgan fingerprint density at radius 3 is 2.48 bits per heavy atom. The Balaban J connectivity index is 0.00000182. The van der Waals surface area contributed by atoms with E-state index in [0.29, 0.717) is 17.7 Å². The molecule has 0 spiro atoms. The van der Waals surface area contributed by atoms with Gasteiger partial charge in [0.2, 0.25) is 0 Å². The third-order valence-electron chi connectivity index (χ3n) is 4.39. The van der Waals surface area contributed by atoms with E-state index in [1.54, 1.807) is 11.3 Å². The van der Waals surface area contributed by atoms with Crippen molar-refractivity contribution in [2.24, 2.45) is 0 Å². The van der Waals surface area contributed by atoms with Crippen LogP contribution in [0, 0.1) is 13.8 Å². The lowest BCUT2D eigenvalue weighted by molar-refractivity contribution is -0.00000796. The lowest BCUT2D eigenvalue weighted by Gasteiger charge is -2.18. The number of halogens is 1. The number of aliphatic hydroxyl groups excluding tert-OH is 1. The lowest BCUT2D eigenvalue weighted by Crippen LogP contribution is -3.00. The number of benzene rings is 2. The predicted octanol–water partition coefficient (Wildman–Crippen LogP) is 0.973. The van der Waals surface area contributed by atoms with Crippen LogP contribution < -0.4 is 22.6 Å². The highest BCUT2D eigenvalue weighted by molar-refractivity contribution is 7.24. The van der Waals surface area contributed by atoms with Crippen LogP contribution in [0.15, 0.2) is 35.1 Å². The Labute approximate surface area is 170 Å². The zero-order valence-corrected chi connectivity index (χ0v) is 16.9. The number of hydrogen-bond acceptors (Lipinski definition) is 5. The molecule has 0 saturated carbocycles. The summed E-state index contributed by atoms with van der Waals surface area (Å²) in [6.45, 7) is 4.75. The second-order valence-electron chi connectivity index (χ2n) is 6.66. The van der Waals surface area contributed by atoms with Gasteiger partial charge in [-0.3, -0.25) is 4.79 Å². The number of aryl methyl sites for hydroxylation is 1. The topological polar surface area (TPSA) is 49.8 Å². The van der Waals surface area contributed by atoms with Gasteiger partial charge in [-0.15, -0.1) is 11.3 Å². The summed E-state index contributed by atoms with van der Waals surface area (Å²) in [5, 5.41) is 11.4. The first kappa shape index (κ1) is 23.4. The number of aliphatic hydroxyl groups is 1. The molecule has 3 aromatic rings. The van der Waals surface area contributed by atoms with Crippen molar-refractivity contribution in [3.8, 4) is 5.75 Å². The summed E-state index contributed by atoms with van der Waals surface area (Å²) in [5.41, 5.74) is 2.10. The molecular weight excluding hydrogens is 382 g/mol. The number of nitrogens with zero attached hydrogens (tertiary/aromatic N) is 1. The number of fused-ring (bicyclic) bond motifs is 2. The first-order valence-electron chi connectivity index (χ1n) is 8.30. The maximum atomic E-state index is 12.9. The number of hydrogen-bond donors (Lipinski definition) is 1. The summed E-state index contributed by atoms with van der Waals surface area (Å²) < 4.78 is 7.84. The fourth-order valence-electron chi connectivity index (χ4n) is 2.97. The normalized spacial score (nSPS) is 11.9. The van der Waals surface area contributed by atoms with Gasteiger partial charge in [0.25, 0.3) is 0 Å². The molecule has 2 aromatic carbocycles. The van der Waals surface area contributed by atoms with Crippen LogP contribution in [-0.4, -0.2) is 43.4 Å². The maximum absolute atomic E-state index is 12.9. The van der Waals surface area contributed by atoms with Gasteiger partial charge in [0, 0.05) is 26.7 Å². The Kier molecular flexibility index (Phi) is 8.23. The standard InChI is InChI=1S/C20H23NO3S.CH4.ClH/c1-12-13(2)20-16(9-17(12)24-11-14(22)10-21(3)4)19(23)15-7-5-6-8-18(15)25-20;;/h5-9,14,22H,10-11H2,1-4H3;1H4;1H/p-1. The molecule has 1 atom stereocenters. The Morgan fingerprint density at radius 1 is 1.15 bits per heavy atom. The highest BCUT2D eigenvalue weighted by Gasteiger charge is 2.15. The predicted molar refractivity (Wildman–Crippen MR) is 112 cm³/mol. The molecule has 148 valence electrons. The summed E-state index contributed by atoms with van der Waals surface area (Å²) in [6, 6.07) is 9.52. The largest absolute Gasteiger partial charge is 1.00 e. The van der Waals surface area contributed by atoms with Crippen molar-refractivity contribution in [1.29, 1.82) is 0 Å². The summed E-state index contributed by atoms with van der Waals surface area (Å²) in [7, 11) is 3.82. The van der Waals surface area contributed by atoms with Gasteiger partial charge < -0.3 is 27.2 Å². The maximum Gasteiger partial charge on any atom is 0.196 e. The van der Waals surface area contributed by atoms with Gasteiger partial charge in [0.1, 0.15) is 18.5 Å². The summed E-state index contributed by atoms with van der Waals surface area (Å²) in [4.78, 5) is 14.8. The van der Waals surface area contributed by atoms with E-state index < -0.39 is 6.10 Å². The van der Waals surface area contributed by atoms with Crippen LogP contribution in [0.4, 0.5) is 0 Å². The molecule has 0 fully saturated rings. The zero-order chi connectivity index (χ0) is 18.1. The van der Waals surface area contributed by atoms with Crippen molar-refractivity contribution < 1.29 is 22.3 Å². The van der Waals surface area contributed by atoms with E-state index in [-0.39, 0.29) is 31.9 Å². The molecule has 1 aromatic heterocycles. The molecule has 0 saturated heterocycles. The quantitative estimate of drug-likeness (QED) is 0.639. The van der Waals surface area contributed by atoms with Crippen LogP contribution in [0.3, 0.4) is 0 Å². The van der Waals surface area contributed by atoms with Crippen LogP contribution >= 0.6 is 11.3 Å². The Morgan fingerprint density at radius 2 is 1.81 bits per heavy atom. The second kappa shape index (κ2) is 9.51. The number of rotatable bonds is 5. The molecule has 1 heterocycles. The fraction of sp³-hybridized carbons (Fsp3) is 0.381. The van der Waals surface area contributed by atoms with E-state index >= 15 is 0 Å². The van der Waals surface area contributed by atoms with Gasteiger partial charge >= 0.3 is 0 Å². The van der Waals surface area contributed by atoms with Crippen molar-refractivity contribution in [3.63, 3.8) is 0 Å². The number of likely N-dealkylation sites (N-methyl/N-ethyl adjacent to an activating group) is 1. The molecule has 4 nitrogen and oxygen atoms in total. The smallest absolute Gasteiger partial charge is 0.196 e. The molecule has 0 aliphatic heterocycles. The highest BCUT2D eigenvalue weighted by atomic mass is 35.5. The minimum Gasteiger partial charge on any atom is -1.00 e. The van der Waals surface area contributed by atoms with E-state index in [1.807, 2.05) is 63.2 Å². The second-order valence-corrected chi connectivity index (χ2v) is 7.71. The van der Waals surface area contributed by atoms with E-state index in [1.165, 1.54) is 0 Å². The summed E-state index contributed by atoms with van der Waals surface area (Å²) in [5.74, 6) is 0.669. The van der Waals surface area contributed by atoms with Crippen molar-refractivity contribution in [2.45, 2.75) is 27.4 Å². The van der Waals surface area contributed by atoms with Crippen LogP contribution in [0.1, 0.15) is 18.6 Å². The van der Waals surface area contributed by atoms with Crippen LogP contribution in [0.5, 0.6) is 5.75 Å². The van der Waals surface area contributed by atoms with Gasteiger partial charge in [-0.2, -0.15) is 0 Å². The van der Waals surface area contributed by atoms with Crippen molar-refractivity contribution in [3.05, 3.63) is 51.7 Å². The average Bonchev–Trinajstić information content (AvgIpc) is 2.57. The molecule has 0 aliphatic rings. The first-order valence-corrected chi connectivity index (χ1v) is 9.11. The Hall–Kier alpha value is -1.66. The van der Waals surface area contributed by atoms with Crippen LogP contribution in [0.2, 0.25) is 0 Å². The van der Waals surface area contributed by atoms with Gasteiger partial charge in [0.15, 0.2) is 5.43 Å². The van der Waals surface area contributed by atoms with E-state index in [0.717, 1.165) is 25.9 Å². The number of ether oxygens (including phenoxy) is 1. The Bertz CT molecular complexity index is 984. The molecule has 0 radical (unpaired) electrons. The van der Waals surface area contributed by atoms with Crippen LogP contribution in [0.25, 0.3) is 20.2 Å². The minimum atomic E-state index is -0.573. The summed E-state index contributed by atoms with van der Waals surface area (Å²) >= 11 is 1.64. The molecule has 0 aliphatic carbocycles. The molecule has 27 heavy (non-hydrogen) atoms. The zero-order valence-electron chi connectivity index (χ0n) is 15.4. The van der Waals surface area contributed by atoms with Crippen molar-refractivity contribution in [1.82, 2.24) is 4.90 Å². The third-order valence-corrected chi connectivity index (χ3v) is 5.69. The third kappa shape index (κ3) is 4.79. The molecule has 1 unspecified atom stereocenters. The monoisotopic (exact) mass is 408 g/mol. The molecule has 0 amide bonds. The fourth-order valence-corrected chi connectivity index (χ4v) is 4.18. The van der Waals surface area contributed by atoms with E-state index in [2.05, 4.69) is 0 Å². The molecular formula is C21H27ClNO3S-. The molecule has 1 N–H and O–H groups in total. The van der Waals surface area contributed by atoms with Gasteiger partial charge in [0.05, 0.1) is 0 Å². The minimum absolute atomic E-state index is 0. The van der Waals surface area contributed by atoms with Crippen LogP contribution in [-0.2, 0) is 0 Å². The molecule has 0 bridgehead atoms. The average molecular weight is 409 g/mol.